The monoisotopic (exact) mass is 467 g/mol. The fraction of sp³-hybridized carbons (Fsp3) is 0.241. The SMILES string of the molecule is C=C1CCC(N2Cc3c(OCc4ccc(CN(C)c5ccccc5)cc4)cccc3C2=O)C(=O)N1. The number of anilines is 1. The average Bonchev–Trinajstić information content (AvgIpc) is 3.21. The first kappa shape index (κ1) is 22.7. The maximum absolute atomic E-state index is 13.0. The van der Waals surface area contributed by atoms with Crippen LogP contribution >= 0.6 is 0 Å². The molecule has 5 rings (SSSR count). The van der Waals surface area contributed by atoms with E-state index in [1.165, 1.54) is 11.3 Å². The third kappa shape index (κ3) is 4.78. The summed E-state index contributed by atoms with van der Waals surface area (Å²) in [6, 6.07) is 23.8. The summed E-state index contributed by atoms with van der Waals surface area (Å²) in [5, 5.41) is 2.78. The summed E-state index contributed by atoms with van der Waals surface area (Å²) >= 11 is 0. The first-order valence-corrected chi connectivity index (χ1v) is 11.9. The van der Waals surface area contributed by atoms with Gasteiger partial charge in [0.15, 0.2) is 0 Å². The first-order valence-electron chi connectivity index (χ1n) is 11.9. The van der Waals surface area contributed by atoms with Crippen molar-refractivity contribution in [3.05, 3.63) is 107 Å². The highest BCUT2D eigenvalue weighted by Crippen LogP contribution is 2.34. The van der Waals surface area contributed by atoms with E-state index in [0.717, 1.165) is 17.7 Å². The van der Waals surface area contributed by atoms with Gasteiger partial charge in [0.2, 0.25) is 5.91 Å². The minimum atomic E-state index is -0.477. The molecule has 2 amide bonds. The van der Waals surface area contributed by atoms with E-state index < -0.39 is 6.04 Å². The molecule has 0 aromatic heterocycles. The fourth-order valence-corrected chi connectivity index (χ4v) is 4.72. The van der Waals surface area contributed by atoms with Gasteiger partial charge in [-0.3, -0.25) is 9.59 Å². The highest BCUT2D eigenvalue weighted by atomic mass is 16.5. The topological polar surface area (TPSA) is 61.9 Å². The standard InChI is InChI=1S/C29H29N3O3/c1-20-11-16-26(28(33)30-20)32-18-25-24(29(32)34)9-6-10-27(25)35-19-22-14-12-21(13-15-22)17-31(2)23-7-4-3-5-8-23/h3-10,12-15,26H,1,11,16-19H2,2H3,(H,30,33). The van der Waals surface area contributed by atoms with Crippen LogP contribution in [0.4, 0.5) is 5.69 Å². The van der Waals surface area contributed by atoms with Gasteiger partial charge in [0.1, 0.15) is 18.4 Å². The second-order valence-corrected chi connectivity index (χ2v) is 9.16. The molecule has 1 saturated heterocycles. The van der Waals surface area contributed by atoms with Gasteiger partial charge in [-0.15, -0.1) is 0 Å². The van der Waals surface area contributed by atoms with Crippen molar-refractivity contribution in [1.82, 2.24) is 10.2 Å². The maximum Gasteiger partial charge on any atom is 0.255 e. The molecule has 0 bridgehead atoms. The van der Waals surface area contributed by atoms with Gasteiger partial charge in [-0.1, -0.05) is 55.1 Å². The van der Waals surface area contributed by atoms with Crippen molar-refractivity contribution in [2.24, 2.45) is 0 Å². The Morgan fingerprint density at radius 2 is 1.74 bits per heavy atom. The summed E-state index contributed by atoms with van der Waals surface area (Å²) in [4.78, 5) is 29.4. The van der Waals surface area contributed by atoms with Gasteiger partial charge in [0.25, 0.3) is 5.91 Å². The Balaban J connectivity index is 1.23. The molecule has 1 atom stereocenters. The Hall–Kier alpha value is -4.06. The molecule has 2 heterocycles. The molecule has 0 aliphatic carbocycles. The lowest BCUT2D eigenvalue weighted by Gasteiger charge is -2.31. The van der Waals surface area contributed by atoms with Crippen molar-refractivity contribution < 1.29 is 14.3 Å². The van der Waals surface area contributed by atoms with E-state index >= 15 is 0 Å². The Bertz CT molecular complexity index is 1250. The zero-order valence-corrected chi connectivity index (χ0v) is 19.9. The van der Waals surface area contributed by atoms with Crippen LogP contribution in [-0.2, 0) is 24.5 Å². The van der Waals surface area contributed by atoms with Gasteiger partial charge in [-0.2, -0.15) is 0 Å². The van der Waals surface area contributed by atoms with E-state index in [9.17, 15) is 9.59 Å². The molecule has 3 aromatic rings. The van der Waals surface area contributed by atoms with Crippen LogP contribution < -0.4 is 15.0 Å². The van der Waals surface area contributed by atoms with E-state index in [1.807, 2.05) is 36.4 Å². The Kier molecular flexibility index (Phi) is 6.27. The summed E-state index contributed by atoms with van der Waals surface area (Å²) in [6.07, 6.45) is 1.27. The number of hydrogen-bond donors (Lipinski definition) is 1. The number of benzene rings is 3. The van der Waals surface area contributed by atoms with Crippen molar-refractivity contribution in [3.63, 3.8) is 0 Å². The second kappa shape index (κ2) is 9.66. The quantitative estimate of drug-likeness (QED) is 0.550. The van der Waals surface area contributed by atoms with Gasteiger partial charge in [-0.05, 0) is 48.2 Å². The summed E-state index contributed by atoms with van der Waals surface area (Å²) in [5.74, 6) is 0.403. The number of amides is 2. The third-order valence-electron chi connectivity index (χ3n) is 6.69. The van der Waals surface area contributed by atoms with Crippen molar-refractivity contribution in [2.75, 3.05) is 11.9 Å². The van der Waals surface area contributed by atoms with Gasteiger partial charge >= 0.3 is 0 Å². The Morgan fingerprint density at radius 3 is 2.49 bits per heavy atom. The zero-order chi connectivity index (χ0) is 24.4. The number of para-hydroxylation sites is 1. The molecule has 6 nitrogen and oxygen atoms in total. The molecule has 0 spiro atoms. The lowest BCUT2D eigenvalue weighted by molar-refractivity contribution is -0.126. The highest BCUT2D eigenvalue weighted by molar-refractivity contribution is 6.02. The molecule has 178 valence electrons. The van der Waals surface area contributed by atoms with Crippen LogP contribution in [0.1, 0.15) is 39.9 Å². The van der Waals surface area contributed by atoms with E-state index in [-0.39, 0.29) is 11.8 Å². The summed E-state index contributed by atoms with van der Waals surface area (Å²) in [7, 11) is 2.08. The van der Waals surface area contributed by atoms with Crippen molar-refractivity contribution in [3.8, 4) is 5.75 Å². The first-order chi connectivity index (χ1) is 17.0. The van der Waals surface area contributed by atoms with Gasteiger partial charge < -0.3 is 19.9 Å². The van der Waals surface area contributed by atoms with Crippen LogP contribution in [0.15, 0.2) is 85.1 Å². The molecule has 1 unspecified atom stereocenters. The molecule has 1 fully saturated rings. The van der Waals surface area contributed by atoms with Crippen molar-refractivity contribution in [1.29, 1.82) is 0 Å². The summed E-state index contributed by atoms with van der Waals surface area (Å²) in [6.45, 7) is 5.42. The number of piperidine rings is 1. The van der Waals surface area contributed by atoms with Gasteiger partial charge in [0, 0.05) is 36.1 Å². The third-order valence-corrected chi connectivity index (χ3v) is 6.69. The van der Waals surface area contributed by atoms with Gasteiger partial charge in [-0.25, -0.2) is 0 Å². The molecule has 1 N–H and O–H groups in total. The number of nitrogens with one attached hydrogen (secondary N) is 1. The van der Waals surface area contributed by atoms with Crippen LogP contribution in [0, 0.1) is 0 Å². The van der Waals surface area contributed by atoms with E-state index in [4.69, 9.17) is 4.74 Å². The summed E-state index contributed by atoms with van der Waals surface area (Å²) in [5.41, 5.74) is 5.61. The average molecular weight is 468 g/mol. The number of carbonyl (C=O) groups excluding carboxylic acids is 2. The van der Waals surface area contributed by atoms with E-state index in [1.54, 1.807) is 4.90 Å². The number of rotatable bonds is 7. The summed E-state index contributed by atoms with van der Waals surface area (Å²) < 4.78 is 6.15. The molecule has 2 aliphatic heterocycles. The van der Waals surface area contributed by atoms with Crippen LogP contribution in [0.3, 0.4) is 0 Å². The maximum atomic E-state index is 13.0. The number of hydrogen-bond acceptors (Lipinski definition) is 4. The lowest BCUT2D eigenvalue weighted by atomic mass is 10.0. The number of carbonyl (C=O) groups is 2. The molecular formula is C29H29N3O3. The van der Waals surface area contributed by atoms with Gasteiger partial charge in [0.05, 0.1) is 6.54 Å². The van der Waals surface area contributed by atoms with Crippen molar-refractivity contribution in [2.45, 2.75) is 38.6 Å². The van der Waals surface area contributed by atoms with E-state index in [2.05, 4.69) is 60.2 Å². The zero-order valence-electron chi connectivity index (χ0n) is 19.9. The minimum absolute atomic E-state index is 0.120. The van der Waals surface area contributed by atoms with Crippen LogP contribution in [0.2, 0.25) is 0 Å². The molecule has 3 aromatic carbocycles. The van der Waals surface area contributed by atoms with Crippen LogP contribution in [0.5, 0.6) is 5.75 Å². The molecule has 6 heteroatoms. The lowest BCUT2D eigenvalue weighted by Crippen LogP contribution is -2.49. The van der Waals surface area contributed by atoms with E-state index in [0.29, 0.717) is 43.0 Å². The molecule has 0 radical (unpaired) electrons. The number of allylic oxidation sites excluding steroid dienone is 1. The molecule has 0 saturated carbocycles. The number of fused-ring (bicyclic) bond motifs is 1. The highest BCUT2D eigenvalue weighted by Gasteiger charge is 2.39. The molecular weight excluding hydrogens is 438 g/mol. The number of nitrogens with zero attached hydrogens (tertiary/aromatic N) is 2. The largest absolute Gasteiger partial charge is 0.489 e. The molecule has 2 aliphatic rings. The second-order valence-electron chi connectivity index (χ2n) is 9.16. The normalized spacial score (nSPS) is 17.2. The van der Waals surface area contributed by atoms with Crippen LogP contribution in [-0.4, -0.2) is 29.8 Å². The predicted molar refractivity (Wildman–Crippen MR) is 136 cm³/mol. The fourth-order valence-electron chi connectivity index (χ4n) is 4.72. The smallest absolute Gasteiger partial charge is 0.255 e. The van der Waals surface area contributed by atoms with Crippen molar-refractivity contribution >= 4 is 17.5 Å². The Labute approximate surface area is 205 Å². The molecule has 35 heavy (non-hydrogen) atoms. The number of ether oxygens (including phenoxy) is 1. The predicted octanol–water partition coefficient (Wildman–Crippen LogP) is 4.65. The van der Waals surface area contributed by atoms with Crippen LogP contribution in [0.25, 0.3) is 0 Å². The Morgan fingerprint density at radius 1 is 1.00 bits per heavy atom. The minimum Gasteiger partial charge on any atom is -0.489 e.